The third-order valence-electron chi connectivity index (χ3n) is 3.25. The molecule has 0 aliphatic heterocycles. The monoisotopic (exact) mass is 228 g/mol. The molecule has 0 atom stereocenters. The van der Waals surface area contributed by atoms with Crippen LogP contribution in [0.1, 0.15) is 32.7 Å². The van der Waals surface area contributed by atoms with Crippen LogP contribution in [-0.4, -0.2) is 15.6 Å². The highest BCUT2D eigenvalue weighted by Crippen LogP contribution is 2.16. The van der Waals surface area contributed by atoms with Crippen molar-refractivity contribution in [1.82, 2.24) is 9.78 Å². The first-order chi connectivity index (χ1) is 8.00. The molecule has 1 heterocycles. The molecule has 0 saturated heterocycles. The van der Waals surface area contributed by atoms with E-state index < -0.39 is 0 Å². The van der Waals surface area contributed by atoms with Gasteiger partial charge in [0.05, 0.1) is 11.8 Å². The molecule has 2 rings (SSSR count). The van der Waals surface area contributed by atoms with E-state index >= 15 is 0 Å². The average Bonchev–Trinajstić information content (AvgIpc) is 2.63. The molecule has 0 bridgehead atoms. The fraction of sp³-hybridized carbons (Fsp3) is 0.286. The number of hydrogen-bond donors (Lipinski definition) is 0. The quantitative estimate of drug-likeness (QED) is 0.740. The van der Waals surface area contributed by atoms with Crippen LogP contribution in [0.4, 0.5) is 0 Å². The van der Waals surface area contributed by atoms with E-state index in [-0.39, 0.29) is 5.78 Å². The number of carbonyl (C=O) groups is 1. The molecule has 1 aromatic heterocycles. The Labute approximate surface area is 101 Å². The van der Waals surface area contributed by atoms with Gasteiger partial charge in [0.25, 0.3) is 0 Å². The molecule has 88 valence electrons. The number of hydrogen-bond acceptors (Lipinski definition) is 2. The molecule has 0 aliphatic rings. The summed E-state index contributed by atoms with van der Waals surface area (Å²) in [5.41, 5.74) is 4.63. The number of benzene rings is 1. The summed E-state index contributed by atoms with van der Waals surface area (Å²) >= 11 is 0. The van der Waals surface area contributed by atoms with Gasteiger partial charge in [-0.1, -0.05) is 12.1 Å². The fourth-order valence-corrected chi connectivity index (χ4v) is 1.76. The topological polar surface area (TPSA) is 34.9 Å². The van der Waals surface area contributed by atoms with Gasteiger partial charge in [0.2, 0.25) is 0 Å². The lowest BCUT2D eigenvalue weighted by atomic mass is 10.00. The second-order valence-corrected chi connectivity index (χ2v) is 4.40. The van der Waals surface area contributed by atoms with Crippen LogP contribution in [0.2, 0.25) is 0 Å². The van der Waals surface area contributed by atoms with Gasteiger partial charge in [-0.05, 0) is 38.0 Å². The Hall–Kier alpha value is -1.90. The predicted octanol–water partition coefficient (Wildman–Crippen LogP) is 2.58. The number of aryl methyl sites for hydroxylation is 3. The van der Waals surface area contributed by atoms with Crippen LogP contribution in [0, 0.1) is 20.8 Å². The highest BCUT2D eigenvalue weighted by atomic mass is 16.1. The third-order valence-corrected chi connectivity index (χ3v) is 3.25. The summed E-state index contributed by atoms with van der Waals surface area (Å²) in [5, 5.41) is 4.10. The van der Waals surface area contributed by atoms with Crippen molar-refractivity contribution in [1.29, 1.82) is 0 Å². The van der Waals surface area contributed by atoms with Gasteiger partial charge in [0.15, 0.2) is 5.78 Å². The van der Waals surface area contributed by atoms with E-state index in [0.717, 1.165) is 16.8 Å². The van der Waals surface area contributed by atoms with E-state index in [1.165, 1.54) is 5.56 Å². The molecular weight excluding hydrogens is 212 g/mol. The molecule has 0 spiro atoms. The summed E-state index contributed by atoms with van der Waals surface area (Å²) in [6, 6.07) is 5.79. The van der Waals surface area contributed by atoms with E-state index in [1.54, 1.807) is 10.9 Å². The zero-order valence-electron chi connectivity index (χ0n) is 10.6. The third kappa shape index (κ3) is 2.00. The maximum absolute atomic E-state index is 12.3. The lowest BCUT2D eigenvalue weighted by Gasteiger charge is -2.04. The minimum absolute atomic E-state index is 0.0405. The summed E-state index contributed by atoms with van der Waals surface area (Å²) in [5.74, 6) is 0.0405. The molecule has 0 radical (unpaired) electrons. The Kier molecular flexibility index (Phi) is 2.84. The van der Waals surface area contributed by atoms with Crippen molar-refractivity contribution in [2.45, 2.75) is 20.8 Å². The second-order valence-electron chi connectivity index (χ2n) is 4.40. The Morgan fingerprint density at radius 1 is 1.18 bits per heavy atom. The van der Waals surface area contributed by atoms with Crippen LogP contribution >= 0.6 is 0 Å². The van der Waals surface area contributed by atoms with Crippen LogP contribution in [0.25, 0.3) is 0 Å². The van der Waals surface area contributed by atoms with Crippen molar-refractivity contribution in [2.75, 3.05) is 0 Å². The van der Waals surface area contributed by atoms with Gasteiger partial charge < -0.3 is 0 Å². The molecular formula is C14H16N2O. The van der Waals surface area contributed by atoms with Crippen molar-refractivity contribution in [3.8, 4) is 0 Å². The average molecular weight is 228 g/mol. The standard InChI is InChI=1S/C14H16N2O/c1-9-5-6-12(7-10(9)2)14(17)13-8-15-16(4)11(13)3/h5-8H,1-4H3. The van der Waals surface area contributed by atoms with Gasteiger partial charge >= 0.3 is 0 Å². The molecule has 0 N–H and O–H groups in total. The number of nitrogens with zero attached hydrogens (tertiary/aromatic N) is 2. The molecule has 1 aromatic carbocycles. The lowest BCUT2D eigenvalue weighted by molar-refractivity contribution is 0.103. The zero-order chi connectivity index (χ0) is 12.6. The summed E-state index contributed by atoms with van der Waals surface area (Å²) in [7, 11) is 1.84. The molecule has 0 unspecified atom stereocenters. The van der Waals surface area contributed by atoms with Crippen LogP contribution in [0.15, 0.2) is 24.4 Å². The Morgan fingerprint density at radius 3 is 2.41 bits per heavy atom. The van der Waals surface area contributed by atoms with Crippen molar-refractivity contribution in [3.63, 3.8) is 0 Å². The van der Waals surface area contributed by atoms with Crippen molar-refractivity contribution >= 4 is 5.78 Å². The largest absolute Gasteiger partial charge is 0.288 e. The minimum Gasteiger partial charge on any atom is -0.288 e. The summed E-state index contributed by atoms with van der Waals surface area (Å²) in [6.07, 6.45) is 1.63. The fourth-order valence-electron chi connectivity index (χ4n) is 1.76. The number of aromatic nitrogens is 2. The normalized spacial score (nSPS) is 10.6. The van der Waals surface area contributed by atoms with Crippen LogP contribution < -0.4 is 0 Å². The predicted molar refractivity (Wildman–Crippen MR) is 67.3 cm³/mol. The van der Waals surface area contributed by atoms with E-state index in [2.05, 4.69) is 5.10 Å². The van der Waals surface area contributed by atoms with Crippen LogP contribution in [0.3, 0.4) is 0 Å². The number of ketones is 1. The molecule has 0 amide bonds. The first-order valence-electron chi connectivity index (χ1n) is 5.61. The summed E-state index contributed by atoms with van der Waals surface area (Å²) in [6.45, 7) is 5.96. The second kappa shape index (κ2) is 4.17. The molecule has 2 aromatic rings. The summed E-state index contributed by atoms with van der Waals surface area (Å²) in [4.78, 5) is 12.3. The van der Waals surface area contributed by atoms with E-state index in [4.69, 9.17) is 0 Å². The van der Waals surface area contributed by atoms with Gasteiger partial charge in [0.1, 0.15) is 0 Å². The SMILES string of the molecule is Cc1ccc(C(=O)c2cnn(C)c2C)cc1C. The van der Waals surface area contributed by atoms with Gasteiger partial charge in [-0.25, -0.2) is 0 Å². The highest BCUT2D eigenvalue weighted by Gasteiger charge is 2.15. The van der Waals surface area contributed by atoms with Crippen molar-refractivity contribution < 1.29 is 4.79 Å². The Bertz CT molecular complexity index is 582. The zero-order valence-corrected chi connectivity index (χ0v) is 10.6. The molecule has 0 fully saturated rings. The van der Waals surface area contributed by atoms with E-state index in [1.807, 2.05) is 46.0 Å². The lowest BCUT2D eigenvalue weighted by Crippen LogP contribution is -2.04. The Balaban J connectivity index is 2.44. The smallest absolute Gasteiger partial charge is 0.196 e. The first-order valence-corrected chi connectivity index (χ1v) is 5.61. The summed E-state index contributed by atoms with van der Waals surface area (Å²) < 4.78 is 1.72. The van der Waals surface area contributed by atoms with Gasteiger partial charge in [-0.3, -0.25) is 9.48 Å². The molecule has 3 heteroatoms. The van der Waals surface area contributed by atoms with Gasteiger partial charge in [-0.2, -0.15) is 5.10 Å². The first kappa shape index (κ1) is 11.6. The van der Waals surface area contributed by atoms with Crippen molar-refractivity contribution in [3.05, 3.63) is 52.3 Å². The van der Waals surface area contributed by atoms with Gasteiger partial charge in [-0.15, -0.1) is 0 Å². The van der Waals surface area contributed by atoms with Gasteiger partial charge in [0, 0.05) is 18.3 Å². The number of carbonyl (C=O) groups excluding carboxylic acids is 1. The maximum Gasteiger partial charge on any atom is 0.196 e. The van der Waals surface area contributed by atoms with Crippen LogP contribution in [-0.2, 0) is 7.05 Å². The van der Waals surface area contributed by atoms with Crippen LogP contribution in [0.5, 0.6) is 0 Å². The maximum atomic E-state index is 12.3. The minimum atomic E-state index is 0.0405. The van der Waals surface area contributed by atoms with E-state index in [9.17, 15) is 4.79 Å². The molecule has 0 saturated carbocycles. The Morgan fingerprint density at radius 2 is 1.88 bits per heavy atom. The molecule has 3 nitrogen and oxygen atoms in total. The molecule has 0 aliphatic carbocycles. The highest BCUT2D eigenvalue weighted by molar-refractivity contribution is 6.09. The van der Waals surface area contributed by atoms with E-state index in [0.29, 0.717) is 5.56 Å². The number of rotatable bonds is 2. The molecule has 17 heavy (non-hydrogen) atoms. The van der Waals surface area contributed by atoms with Crippen molar-refractivity contribution in [2.24, 2.45) is 7.05 Å².